The predicted molar refractivity (Wildman–Crippen MR) is 90.2 cm³/mol. The third-order valence-electron chi connectivity index (χ3n) is 4.36. The van der Waals surface area contributed by atoms with E-state index >= 15 is 0 Å². The van der Waals surface area contributed by atoms with Gasteiger partial charge in [-0.2, -0.15) is 4.98 Å². The first kappa shape index (κ1) is 16.4. The lowest BCUT2D eigenvalue weighted by atomic mass is 10.1. The topological polar surface area (TPSA) is 92.8 Å². The van der Waals surface area contributed by atoms with Gasteiger partial charge in [0, 0.05) is 23.7 Å². The molecule has 2 aromatic rings. The maximum atomic E-state index is 12.4. The van der Waals surface area contributed by atoms with Gasteiger partial charge in [0.15, 0.2) is 0 Å². The Morgan fingerprint density at radius 1 is 1.46 bits per heavy atom. The van der Waals surface area contributed by atoms with Crippen molar-refractivity contribution in [1.82, 2.24) is 20.2 Å². The van der Waals surface area contributed by atoms with Gasteiger partial charge in [-0.25, -0.2) is 4.98 Å². The molecule has 0 spiro atoms. The molecule has 2 N–H and O–H groups in total. The van der Waals surface area contributed by atoms with Crippen LogP contribution in [0.25, 0.3) is 0 Å². The molecule has 0 aliphatic heterocycles. The largest absolute Gasteiger partial charge is 0.475 e. The van der Waals surface area contributed by atoms with E-state index in [1.807, 2.05) is 13.8 Å². The zero-order valence-electron chi connectivity index (χ0n) is 14.1. The van der Waals surface area contributed by atoms with E-state index in [-0.39, 0.29) is 12.0 Å². The highest BCUT2D eigenvalue weighted by Crippen LogP contribution is 2.32. The number of nitrogens with zero attached hydrogens (tertiary/aromatic N) is 3. The third kappa shape index (κ3) is 3.90. The molecule has 0 aromatic carbocycles. The number of aromatic amines is 1. The molecule has 1 aliphatic carbocycles. The molecule has 1 atom stereocenters. The Balaban J connectivity index is 1.65. The summed E-state index contributed by atoms with van der Waals surface area (Å²) in [6.07, 6.45) is 7.20. The Labute approximate surface area is 141 Å². The summed E-state index contributed by atoms with van der Waals surface area (Å²) in [7, 11) is 0. The van der Waals surface area contributed by atoms with E-state index in [2.05, 4.69) is 25.5 Å². The molecule has 1 amide bonds. The zero-order chi connectivity index (χ0) is 16.9. The number of pyridine rings is 1. The van der Waals surface area contributed by atoms with Crippen molar-refractivity contribution in [2.45, 2.75) is 58.0 Å². The van der Waals surface area contributed by atoms with Crippen molar-refractivity contribution in [2.75, 3.05) is 5.32 Å². The Kier molecular flexibility index (Phi) is 5.08. The summed E-state index contributed by atoms with van der Waals surface area (Å²) in [5.41, 5.74) is 0.468. The summed E-state index contributed by atoms with van der Waals surface area (Å²) >= 11 is 0. The fourth-order valence-corrected chi connectivity index (χ4v) is 2.79. The number of rotatable bonds is 6. The first-order valence-corrected chi connectivity index (χ1v) is 8.52. The molecule has 0 saturated heterocycles. The average Bonchev–Trinajstić information content (AvgIpc) is 3.26. The summed E-state index contributed by atoms with van der Waals surface area (Å²) < 4.78 is 5.65. The Morgan fingerprint density at radius 3 is 3.00 bits per heavy atom. The number of carbonyl (C=O) groups excluding carboxylic acids is 1. The molecular formula is C17H23N5O2. The van der Waals surface area contributed by atoms with Gasteiger partial charge in [0.1, 0.15) is 5.82 Å². The van der Waals surface area contributed by atoms with Crippen molar-refractivity contribution >= 4 is 11.9 Å². The molecule has 2 heterocycles. The summed E-state index contributed by atoms with van der Waals surface area (Å²) in [5, 5.41) is 9.75. The van der Waals surface area contributed by atoms with Gasteiger partial charge in [0.2, 0.25) is 11.8 Å². The van der Waals surface area contributed by atoms with Gasteiger partial charge in [-0.15, -0.1) is 5.10 Å². The first-order valence-electron chi connectivity index (χ1n) is 8.52. The van der Waals surface area contributed by atoms with E-state index in [9.17, 15) is 4.79 Å². The monoisotopic (exact) mass is 329 g/mol. The first-order chi connectivity index (χ1) is 11.7. The van der Waals surface area contributed by atoms with Gasteiger partial charge in [-0.05, 0) is 32.3 Å². The van der Waals surface area contributed by atoms with Crippen LogP contribution in [0, 0.1) is 0 Å². The summed E-state index contributed by atoms with van der Waals surface area (Å²) in [4.78, 5) is 20.9. The van der Waals surface area contributed by atoms with Crippen molar-refractivity contribution in [1.29, 1.82) is 0 Å². The number of H-pyrrole nitrogens is 1. The standard InChI is InChI=1S/C17H23N5O2/c1-3-11(2)24-14-10-13(8-9-18-14)16(23)20-17-19-15(21-22-17)12-6-4-5-7-12/h8-12H,3-7H2,1-2H3,(H2,19,20,21,22,23). The SMILES string of the molecule is CCC(C)Oc1cc(C(=O)Nc2n[nH]c(C3CCCC3)n2)ccn1. The van der Waals surface area contributed by atoms with Gasteiger partial charge < -0.3 is 4.74 Å². The number of aromatic nitrogens is 4. The van der Waals surface area contributed by atoms with E-state index in [0.717, 1.165) is 25.1 Å². The summed E-state index contributed by atoms with van der Waals surface area (Å²) in [5.74, 6) is 1.77. The van der Waals surface area contributed by atoms with Crippen LogP contribution >= 0.6 is 0 Å². The Bertz CT molecular complexity index is 694. The number of nitrogens with one attached hydrogen (secondary N) is 2. The average molecular weight is 329 g/mol. The maximum Gasteiger partial charge on any atom is 0.258 e. The fraction of sp³-hybridized carbons (Fsp3) is 0.529. The molecule has 24 heavy (non-hydrogen) atoms. The lowest BCUT2D eigenvalue weighted by Crippen LogP contribution is -2.15. The van der Waals surface area contributed by atoms with Crippen molar-refractivity contribution in [3.8, 4) is 5.88 Å². The normalized spacial score (nSPS) is 16.1. The third-order valence-corrected chi connectivity index (χ3v) is 4.36. The maximum absolute atomic E-state index is 12.4. The van der Waals surface area contributed by atoms with Crippen molar-refractivity contribution in [3.05, 3.63) is 29.7 Å². The smallest absolute Gasteiger partial charge is 0.258 e. The molecule has 3 rings (SSSR count). The van der Waals surface area contributed by atoms with E-state index in [1.54, 1.807) is 18.3 Å². The van der Waals surface area contributed by atoms with Crippen molar-refractivity contribution in [3.63, 3.8) is 0 Å². The molecule has 7 heteroatoms. The van der Waals surface area contributed by atoms with Gasteiger partial charge in [-0.3, -0.25) is 15.2 Å². The summed E-state index contributed by atoms with van der Waals surface area (Å²) in [6, 6.07) is 3.27. The number of carbonyl (C=O) groups is 1. The predicted octanol–water partition coefficient (Wildman–Crippen LogP) is 3.29. The minimum absolute atomic E-state index is 0.0535. The van der Waals surface area contributed by atoms with E-state index in [0.29, 0.717) is 23.3 Å². The molecule has 1 saturated carbocycles. The van der Waals surface area contributed by atoms with Gasteiger partial charge in [-0.1, -0.05) is 19.8 Å². The minimum Gasteiger partial charge on any atom is -0.475 e. The number of hydrogen-bond acceptors (Lipinski definition) is 5. The highest BCUT2D eigenvalue weighted by Gasteiger charge is 2.21. The number of anilines is 1. The van der Waals surface area contributed by atoms with E-state index < -0.39 is 0 Å². The molecule has 1 unspecified atom stereocenters. The van der Waals surface area contributed by atoms with Crippen molar-refractivity contribution < 1.29 is 9.53 Å². The lowest BCUT2D eigenvalue weighted by molar-refractivity contribution is 0.102. The van der Waals surface area contributed by atoms with Crippen LogP contribution < -0.4 is 10.1 Å². The zero-order valence-corrected chi connectivity index (χ0v) is 14.1. The molecule has 7 nitrogen and oxygen atoms in total. The van der Waals surface area contributed by atoms with Crippen molar-refractivity contribution in [2.24, 2.45) is 0 Å². The summed E-state index contributed by atoms with van der Waals surface area (Å²) in [6.45, 7) is 4.00. The molecule has 1 fully saturated rings. The van der Waals surface area contributed by atoms with Crippen LogP contribution in [0.1, 0.15) is 68.1 Å². The van der Waals surface area contributed by atoms with Crippen LogP contribution in [0.5, 0.6) is 5.88 Å². The van der Waals surface area contributed by atoms with Gasteiger partial charge in [0.25, 0.3) is 5.91 Å². The molecular weight excluding hydrogens is 306 g/mol. The number of amides is 1. The fourth-order valence-electron chi connectivity index (χ4n) is 2.79. The quantitative estimate of drug-likeness (QED) is 0.848. The molecule has 2 aromatic heterocycles. The van der Waals surface area contributed by atoms with Crippen LogP contribution in [0.4, 0.5) is 5.95 Å². The second-order valence-electron chi connectivity index (χ2n) is 6.20. The second kappa shape index (κ2) is 7.42. The highest BCUT2D eigenvalue weighted by atomic mass is 16.5. The van der Waals surface area contributed by atoms with E-state index in [1.165, 1.54) is 12.8 Å². The Morgan fingerprint density at radius 2 is 2.25 bits per heavy atom. The van der Waals surface area contributed by atoms with Gasteiger partial charge >= 0.3 is 0 Å². The second-order valence-corrected chi connectivity index (χ2v) is 6.20. The van der Waals surface area contributed by atoms with Crippen LogP contribution in [-0.2, 0) is 0 Å². The minimum atomic E-state index is -0.275. The molecule has 1 aliphatic rings. The number of hydrogen-bond donors (Lipinski definition) is 2. The lowest BCUT2D eigenvalue weighted by Gasteiger charge is -2.11. The van der Waals surface area contributed by atoms with Crippen LogP contribution in [-0.4, -0.2) is 32.2 Å². The van der Waals surface area contributed by atoms with Gasteiger partial charge in [0.05, 0.1) is 6.10 Å². The molecule has 0 bridgehead atoms. The van der Waals surface area contributed by atoms with Crippen LogP contribution in [0.2, 0.25) is 0 Å². The molecule has 128 valence electrons. The molecule has 0 radical (unpaired) electrons. The number of ether oxygens (including phenoxy) is 1. The van der Waals surface area contributed by atoms with E-state index in [4.69, 9.17) is 4.74 Å². The Hall–Kier alpha value is -2.44. The van der Waals surface area contributed by atoms with Crippen LogP contribution in [0.3, 0.4) is 0 Å². The highest BCUT2D eigenvalue weighted by molar-refractivity contribution is 6.03. The van der Waals surface area contributed by atoms with Crippen LogP contribution in [0.15, 0.2) is 18.3 Å².